The van der Waals surface area contributed by atoms with Crippen LogP contribution < -0.4 is 10.1 Å². The average molecular weight is 283 g/mol. The van der Waals surface area contributed by atoms with Gasteiger partial charge in [0.15, 0.2) is 0 Å². The lowest BCUT2D eigenvalue weighted by molar-refractivity contribution is 0.146. The number of benzene rings is 2. The van der Waals surface area contributed by atoms with E-state index in [1.165, 1.54) is 11.1 Å². The summed E-state index contributed by atoms with van der Waals surface area (Å²) < 4.78 is 10.5. The van der Waals surface area contributed by atoms with Gasteiger partial charge < -0.3 is 14.8 Å². The summed E-state index contributed by atoms with van der Waals surface area (Å²) >= 11 is 0. The van der Waals surface area contributed by atoms with Gasteiger partial charge in [-0.15, -0.1) is 0 Å². The maximum absolute atomic E-state index is 5.57. The zero-order valence-electron chi connectivity index (χ0n) is 12.3. The van der Waals surface area contributed by atoms with Crippen molar-refractivity contribution in [3.8, 4) is 5.75 Å². The summed E-state index contributed by atoms with van der Waals surface area (Å²) in [6.45, 7) is 1.19. The summed E-state index contributed by atoms with van der Waals surface area (Å²) in [7, 11) is 1.68. The van der Waals surface area contributed by atoms with Crippen molar-refractivity contribution in [2.75, 3.05) is 25.6 Å². The Morgan fingerprint density at radius 1 is 1.05 bits per heavy atom. The Balaban J connectivity index is 1.61. The first-order valence-corrected chi connectivity index (χ1v) is 7.43. The minimum atomic E-state index is 0.418. The van der Waals surface area contributed by atoms with Gasteiger partial charge in [0.25, 0.3) is 0 Å². The second-order valence-electron chi connectivity index (χ2n) is 5.30. The molecule has 0 saturated heterocycles. The van der Waals surface area contributed by atoms with E-state index in [1.54, 1.807) is 7.11 Å². The van der Waals surface area contributed by atoms with Crippen molar-refractivity contribution in [1.82, 2.24) is 0 Å². The largest absolute Gasteiger partial charge is 0.491 e. The van der Waals surface area contributed by atoms with E-state index in [2.05, 4.69) is 41.7 Å². The number of anilines is 1. The number of nitrogens with one attached hydrogen (secondary N) is 1. The lowest BCUT2D eigenvalue weighted by atomic mass is 10.1. The molecule has 0 bridgehead atoms. The molecule has 1 unspecified atom stereocenters. The highest BCUT2D eigenvalue weighted by Crippen LogP contribution is 2.33. The smallest absolute Gasteiger partial charge is 0.119 e. The maximum Gasteiger partial charge on any atom is 0.119 e. The lowest BCUT2D eigenvalue weighted by Crippen LogP contribution is -2.07. The Bertz CT molecular complexity index is 580. The van der Waals surface area contributed by atoms with E-state index in [1.807, 2.05) is 12.1 Å². The molecule has 3 rings (SSSR count). The van der Waals surface area contributed by atoms with Crippen LogP contribution in [0.2, 0.25) is 0 Å². The van der Waals surface area contributed by atoms with Crippen LogP contribution in [0.15, 0.2) is 48.5 Å². The molecule has 1 N–H and O–H groups in total. The van der Waals surface area contributed by atoms with Crippen molar-refractivity contribution >= 4 is 5.69 Å². The summed E-state index contributed by atoms with van der Waals surface area (Å²) in [5.41, 5.74) is 4.03. The molecule has 21 heavy (non-hydrogen) atoms. The van der Waals surface area contributed by atoms with Crippen molar-refractivity contribution < 1.29 is 9.47 Å². The second kappa shape index (κ2) is 6.64. The highest BCUT2D eigenvalue weighted by molar-refractivity contribution is 5.50. The number of rotatable bonds is 6. The fourth-order valence-corrected chi connectivity index (χ4v) is 2.80. The molecule has 0 saturated carbocycles. The van der Waals surface area contributed by atoms with Gasteiger partial charge >= 0.3 is 0 Å². The van der Waals surface area contributed by atoms with Gasteiger partial charge in [0.1, 0.15) is 12.4 Å². The lowest BCUT2D eigenvalue weighted by Gasteiger charge is -2.16. The van der Waals surface area contributed by atoms with Crippen molar-refractivity contribution in [1.29, 1.82) is 0 Å². The first kappa shape index (κ1) is 14.0. The van der Waals surface area contributed by atoms with Gasteiger partial charge in [-0.2, -0.15) is 0 Å². The summed E-state index contributed by atoms with van der Waals surface area (Å²) in [6, 6.07) is 17.2. The molecule has 0 aliphatic heterocycles. The molecule has 110 valence electrons. The quantitative estimate of drug-likeness (QED) is 0.818. The molecule has 0 aromatic heterocycles. The molecule has 1 aliphatic rings. The normalized spacial score (nSPS) is 16.5. The predicted molar refractivity (Wildman–Crippen MR) is 84.9 cm³/mol. The SMILES string of the molecule is COCCOc1ccc(NC2CCc3ccccc32)cc1. The zero-order chi connectivity index (χ0) is 14.5. The van der Waals surface area contributed by atoms with Gasteiger partial charge in [0.2, 0.25) is 0 Å². The van der Waals surface area contributed by atoms with Crippen molar-refractivity contribution in [3.63, 3.8) is 0 Å². The van der Waals surface area contributed by atoms with Crippen LogP contribution in [0, 0.1) is 0 Å². The Morgan fingerprint density at radius 3 is 2.67 bits per heavy atom. The summed E-state index contributed by atoms with van der Waals surface area (Å²) in [6.07, 6.45) is 2.32. The van der Waals surface area contributed by atoms with Crippen LogP contribution in [0.1, 0.15) is 23.6 Å². The third-order valence-corrected chi connectivity index (χ3v) is 3.88. The molecule has 1 aliphatic carbocycles. The topological polar surface area (TPSA) is 30.5 Å². The monoisotopic (exact) mass is 283 g/mol. The molecule has 3 heteroatoms. The number of methoxy groups -OCH3 is 1. The van der Waals surface area contributed by atoms with E-state index in [0.717, 1.165) is 24.3 Å². The number of ether oxygens (including phenoxy) is 2. The van der Waals surface area contributed by atoms with Crippen molar-refractivity contribution in [2.45, 2.75) is 18.9 Å². The number of fused-ring (bicyclic) bond motifs is 1. The van der Waals surface area contributed by atoms with Crippen molar-refractivity contribution in [2.24, 2.45) is 0 Å². The van der Waals surface area contributed by atoms with Crippen LogP contribution in [0.4, 0.5) is 5.69 Å². The van der Waals surface area contributed by atoms with Crippen LogP contribution in [-0.4, -0.2) is 20.3 Å². The summed E-state index contributed by atoms with van der Waals surface area (Å²) in [4.78, 5) is 0. The average Bonchev–Trinajstić information content (AvgIpc) is 2.93. The molecule has 2 aromatic rings. The second-order valence-corrected chi connectivity index (χ2v) is 5.30. The minimum Gasteiger partial charge on any atom is -0.491 e. The van der Waals surface area contributed by atoms with Gasteiger partial charge in [-0.25, -0.2) is 0 Å². The molecule has 1 atom stereocenters. The zero-order valence-corrected chi connectivity index (χ0v) is 12.3. The van der Waals surface area contributed by atoms with E-state index in [-0.39, 0.29) is 0 Å². The first-order valence-electron chi connectivity index (χ1n) is 7.43. The molecule has 0 spiro atoms. The maximum atomic E-state index is 5.57. The molecule has 0 heterocycles. The minimum absolute atomic E-state index is 0.418. The Morgan fingerprint density at radius 2 is 1.86 bits per heavy atom. The van der Waals surface area contributed by atoms with Gasteiger partial charge in [0, 0.05) is 12.8 Å². The molecule has 2 aromatic carbocycles. The molecular weight excluding hydrogens is 262 g/mol. The van der Waals surface area contributed by atoms with Crippen LogP contribution in [0.25, 0.3) is 0 Å². The third-order valence-electron chi connectivity index (χ3n) is 3.88. The van der Waals surface area contributed by atoms with Crippen molar-refractivity contribution in [3.05, 3.63) is 59.7 Å². The third kappa shape index (κ3) is 3.37. The van der Waals surface area contributed by atoms with E-state index >= 15 is 0 Å². The highest BCUT2D eigenvalue weighted by atomic mass is 16.5. The highest BCUT2D eigenvalue weighted by Gasteiger charge is 2.21. The summed E-state index contributed by atoms with van der Waals surface area (Å²) in [5.74, 6) is 0.879. The summed E-state index contributed by atoms with van der Waals surface area (Å²) in [5, 5.41) is 3.61. The van der Waals surface area contributed by atoms with E-state index < -0.39 is 0 Å². The Labute approximate surface area is 125 Å². The number of hydrogen-bond donors (Lipinski definition) is 1. The van der Waals surface area contributed by atoms with E-state index in [0.29, 0.717) is 19.3 Å². The van der Waals surface area contributed by atoms with Gasteiger partial charge in [-0.3, -0.25) is 0 Å². The molecule has 3 nitrogen and oxygen atoms in total. The van der Waals surface area contributed by atoms with Crippen LogP contribution in [0.3, 0.4) is 0 Å². The van der Waals surface area contributed by atoms with Crippen LogP contribution >= 0.6 is 0 Å². The Kier molecular flexibility index (Phi) is 4.41. The van der Waals surface area contributed by atoms with Gasteiger partial charge in [0.05, 0.1) is 12.6 Å². The molecular formula is C18H21NO2. The fourth-order valence-electron chi connectivity index (χ4n) is 2.80. The molecule has 0 fully saturated rings. The Hall–Kier alpha value is -2.00. The number of hydrogen-bond acceptors (Lipinski definition) is 3. The van der Waals surface area contributed by atoms with Gasteiger partial charge in [-0.1, -0.05) is 24.3 Å². The fraction of sp³-hybridized carbons (Fsp3) is 0.333. The van der Waals surface area contributed by atoms with Crippen LogP contribution in [0.5, 0.6) is 5.75 Å². The first-order chi connectivity index (χ1) is 10.4. The molecule has 0 radical (unpaired) electrons. The molecule has 0 amide bonds. The van der Waals surface area contributed by atoms with Gasteiger partial charge in [-0.05, 0) is 48.2 Å². The predicted octanol–water partition coefficient (Wildman–Crippen LogP) is 3.81. The van der Waals surface area contributed by atoms with E-state index in [9.17, 15) is 0 Å². The van der Waals surface area contributed by atoms with Crippen LogP contribution in [-0.2, 0) is 11.2 Å². The van der Waals surface area contributed by atoms with E-state index in [4.69, 9.17) is 9.47 Å². The standard InChI is InChI=1S/C18H21NO2/c1-20-12-13-21-16-9-7-15(8-10-16)19-18-11-6-14-4-2-3-5-17(14)18/h2-5,7-10,18-19H,6,11-13H2,1H3. The number of aryl methyl sites for hydroxylation is 1.